The minimum Gasteiger partial charge on any atom is -0.484 e. The van der Waals surface area contributed by atoms with Crippen LogP contribution in [0.5, 0.6) is 5.75 Å². The normalized spacial score (nSPS) is 10.5. The van der Waals surface area contributed by atoms with E-state index in [1.165, 1.54) is 6.07 Å². The van der Waals surface area contributed by atoms with Gasteiger partial charge in [-0.2, -0.15) is 0 Å². The number of hydrogen-bond donors (Lipinski definition) is 0. The van der Waals surface area contributed by atoms with Crippen LogP contribution in [0.3, 0.4) is 0 Å². The topological polar surface area (TPSA) is 48.2 Å². The fourth-order valence-electron chi connectivity index (χ4n) is 1.11. The molecule has 17 heavy (non-hydrogen) atoms. The van der Waals surface area contributed by atoms with Crippen LogP contribution in [-0.2, 0) is 12.5 Å². The maximum atomic E-state index is 12.8. The molecule has 0 aliphatic heterocycles. The van der Waals surface area contributed by atoms with E-state index in [4.69, 9.17) is 20.8 Å². The summed E-state index contributed by atoms with van der Waals surface area (Å²) in [7, 11) is 0. The third kappa shape index (κ3) is 2.91. The summed E-state index contributed by atoms with van der Waals surface area (Å²) >= 11 is 5.47. The average Bonchev–Trinajstić information content (AvgIpc) is 2.79. The van der Waals surface area contributed by atoms with Gasteiger partial charge in [-0.1, -0.05) is 0 Å². The summed E-state index contributed by atoms with van der Waals surface area (Å²) in [5.41, 5.74) is 0. The summed E-state index contributed by atoms with van der Waals surface area (Å²) < 4.78 is 35.7. The molecule has 90 valence electrons. The number of aromatic nitrogens is 2. The van der Waals surface area contributed by atoms with Gasteiger partial charge in [0.15, 0.2) is 18.2 Å². The van der Waals surface area contributed by atoms with Crippen molar-refractivity contribution in [2.45, 2.75) is 12.5 Å². The summed E-state index contributed by atoms with van der Waals surface area (Å²) in [5, 5.41) is 7.26. The highest BCUT2D eigenvalue weighted by Gasteiger charge is 2.07. The van der Waals surface area contributed by atoms with Gasteiger partial charge in [0.2, 0.25) is 5.89 Å². The predicted molar refractivity (Wildman–Crippen MR) is 54.5 cm³/mol. The molecule has 7 heteroatoms. The number of halogens is 3. The second-order valence-electron chi connectivity index (χ2n) is 3.09. The lowest BCUT2D eigenvalue weighted by Crippen LogP contribution is -1.96. The fraction of sp³-hybridized carbons (Fsp3) is 0.200. The summed E-state index contributed by atoms with van der Waals surface area (Å²) in [6.07, 6.45) is 0. The zero-order valence-corrected chi connectivity index (χ0v) is 9.25. The molecule has 0 amide bonds. The molecule has 2 aromatic rings. The van der Waals surface area contributed by atoms with E-state index in [2.05, 4.69) is 10.2 Å². The molecule has 0 aliphatic carbocycles. The smallest absolute Gasteiger partial charge is 0.253 e. The average molecular weight is 261 g/mol. The Morgan fingerprint density at radius 3 is 2.59 bits per heavy atom. The lowest BCUT2D eigenvalue weighted by atomic mass is 10.3. The van der Waals surface area contributed by atoms with Crippen molar-refractivity contribution >= 4 is 11.6 Å². The number of ether oxygens (including phenoxy) is 1. The minimum absolute atomic E-state index is 0.0328. The van der Waals surface area contributed by atoms with Crippen molar-refractivity contribution in [3.8, 4) is 5.75 Å². The molecule has 0 fully saturated rings. The van der Waals surface area contributed by atoms with E-state index >= 15 is 0 Å². The minimum atomic E-state index is -0.977. The van der Waals surface area contributed by atoms with Crippen molar-refractivity contribution in [2.24, 2.45) is 0 Å². The molecular formula is C10H7ClF2N2O2. The van der Waals surface area contributed by atoms with Gasteiger partial charge < -0.3 is 9.15 Å². The number of rotatable bonds is 4. The molecule has 0 aliphatic rings. The van der Waals surface area contributed by atoms with Gasteiger partial charge in [-0.15, -0.1) is 21.8 Å². The van der Waals surface area contributed by atoms with Gasteiger partial charge in [0.25, 0.3) is 5.89 Å². The van der Waals surface area contributed by atoms with Crippen LogP contribution in [0, 0.1) is 11.6 Å². The fourth-order valence-corrected chi connectivity index (χ4v) is 1.22. The first-order chi connectivity index (χ1) is 8.19. The molecule has 1 heterocycles. The van der Waals surface area contributed by atoms with Crippen molar-refractivity contribution < 1.29 is 17.9 Å². The quantitative estimate of drug-likeness (QED) is 0.793. The van der Waals surface area contributed by atoms with E-state index < -0.39 is 11.6 Å². The van der Waals surface area contributed by atoms with Crippen LogP contribution in [0.1, 0.15) is 11.8 Å². The lowest BCUT2D eigenvalue weighted by Gasteiger charge is -2.03. The first-order valence-corrected chi connectivity index (χ1v) is 5.17. The zero-order valence-electron chi connectivity index (χ0n) is 8.49. The Balaban J connectivity index is 1.99. The molecule has 0 atom stereocenters. The number of benzene rings is 1. The number of nitrogens with zero attached hydrogens (tertiary/aromatic N) is 2. The molecule has 1 aromatic carbocycles. The molecule has 0 unspecified atom stereocenters. The third-order valence-electron chi connectivity index (χ3n) is 1.88. The molecular weight excluding hydrogens is 254 g/mol. The summed E-state index contributed by atoms with van der Waals surface area (Å²) in [6.45, 7) is -0.0328. The molecule has 0 spiro atoms. The second kappa shape index (κ2) is 5.09. The van der Waals surface area contributed by atoms with Crippen LogP contribution in [0.15, 0.2) is 22.6 Å². The van der Waals surface area contributed by atoms with Crippen molar-refractivity contribution in [3.05, 3.63) is 41.6 Å². The molecule has 2 rings (SSSR count). The van der Waals surface area contributed by atoms with Crippen molar-refractivity contribution in [1.82, 2.24) is 10.2 Å². The standard InChI is InChI=1S/C10H7ClF2N2O2/c11-4-9-14-15-10(17-9)5-16-6-1-2-7(12)8(13)3-6/h1-3H,4-5H2. The number of alkyl halides is 1. The predicted octanol–water partition coefficient (Wildman–Crippen LogP) is 2.67. The third-order valence-corrected chi connectivity index (χ3v) is 2.11. The molecule has 0 N–H and O–H groups in total. The Morgan fingerprint density at radius 1 is 1.18 bits per heavy atom. The van der Waals surface area contributed by atoms with Crippen molar-refractivity contribution in [2.75, 3.05) is 0 Å². The van der Waals surface area contributed by atoms with Crippen LogP contribution >= 0.6 is 11.6 Å². The lowest BCUT2D eigenvalue weighted by molar-refractivity contribution is 0.258. The van der Waals surface area contributed by atoms with E-state index in [-0.39, 0.29) is 30.0 Å². The van der Waals surface area contributed by atoms with Crippen LogP contribution in [-0.4, -0.2) is 10.2 Å². The highest BCUT2D eigenvalue weighted by molar-refractivity contribution is 6.16. The van der Waals surface area contributed by atoms with E-state index in [0.717, 1.165) is 12.1 Å². The largest absolute Gasteiger partial charge is 0.484 e. The van der Waals surface area contributed by atoms with Crippen molar-refractivity contribution in [3.63, 3.8) is 0 Å². The van der Waals surface area contributed by atoms with E-state index in [1.54, 1.807) is 0 Å². The maximum absolute atomic E-state index is 12.8. The van der Waals surface area contributed by atoms with Crippen molar-refractivity contribution in [1.29, 1.82) is 0 Å². The van der Waals surface area contributed by atoms with Gasteiger partial charge in [0.1, 0.15) is 11.6 Å². The van der Waals surface area contributed by atoms with Gasteiger partial charge in [0.05, 0.1) is 0 Å². The van der Waals surface area contributed by atoms with E-state index in [0.29, 0.717) is 0 Å². The SMILES string of the molecule is Fc1ccc(OCc2nnc(CCl)o2)cc1F. The Hall–Kier alpha value is -1.69. The van der Waals surface area contributed by atoms with Gasteiger partial charge in [-0.3, -0.25) is 0 Å². The maximum Gasteiger partial charge on any atom is 0.253 e. The zero-order chi connectivity index (χ0) is 12.3. The summed E-state index contributed by atoms with van der Waals surface area (Å²) in [5.74, 6) is -1.14. The molecule has 4 nitrogen and oxygen atoms in total. The van der Waals surface area contributed by atoms with Crippen LogP contribution < -0.4 is 4.74 Å². The Bertz CT molecular complexity index is 519. The van der Waals surface area contributed by atoms with E-state index in [1.807, 2.05) is 0 Å². The molecule has 0 bridgehead atoms. The second-order valence-corrected chi connectivity index (χ2v) is 3.36. The first kappa shape index (κ1) is 11.8. The van der Waals surface area contributed by atoms with Gasteiger partial charge in [-0.25, -0.2) is 8.78 Å². The molecule has 1 aromatic heterocycles. The van der Waals surface area contributed by atoms with Gasteiger partial charge in [0, 0.05) is 6.07 Å². The highest BCUT2D eigenvalue weighted by Crippen LogP contribution is 2.16. The highest BCUT2D eigenvalue weighted by atomic mass is 35.5. The Morgan fingerprint density at radius 2 is 1.94 bits per heavy atom. The van der Waals surface area contributed by atoms with Gasteiger partial charge >= 0.3 is 0 Å². The van der Waals surface area contributed by atoms with E-state index in [9.17, 15) is 8.78 Å². The first-order valence-electron chi connectivity index (χ1n) is 4.64. The number of hydrogen-bond acceptors (Lipinski definition) is 4. The van der Waals surface area contributed by atoms with Crippen LogP contribution in [0.25, 0.3) is 0 Å². The monoisotopic (exact) mass is 260 g/mol. The molecule has 0 radical (unpaired) electrons. The molecule has 0 saturated heterocycles. The Labute approximate surface area is 100 Å². The van der Waals surface area contributed by atoms with Gasteiger partial charge in [-0.05, 0) is 12.1 Å². The van der Waals surface area contributed by atoms with Crippen LogP contribution in [0.4, 0.5) is 8.78 Å². The summed E-state index contributed by atoms with van der Waals surface area (Å²) in [6, 6.07) is 3.22. The summed E-state index contributed by atoms with van der Waals surface area (Å²) in [4.78, 5) is 0. The van der Waals surface area contributed by atoms with Crippen LogP contribution in [0.2, 0.25) is 0 Å². The molecule has 0 saturated carbocycles. The Kier molecular flexibility index (Phi) is 3.53.